The fraction of sp³-hybridized carbons (Fsp3) is 0.600. The zero-order chi connectivity index (χ0) is 17.8. The number of aliphatic hydroxyl groups is 1. The van der Waals surface area contributed by atoms with Crippen molar-refractivity contribution in [3.63, 3.8) is 0 Å². The lowest BCUT2D eigenvalue weighted by Gasteiger charge is -2.22. The second-order valence-corrected chi connectivity index (χ2v) is 7.37. The molecule has 1 heterocycles. The van der Waals surface area contributed by atoms with E-state index in [-0.39, 0.29) is 24.0 Å². The van der Waals surface area contributed by atoms with Crippen molar-refractivity contribution in [1.29, 1.82) is 0 Å². The first kappa shape index (κ1) is 18.1. The molecule has 5 nitrogen and oxygen atoms in total. The van der Waals surface area contributed by atoms with Crippen LogP contribution in [0.3, 0.4) is 0 Å². The summed E-state index contributed by atoms with van der Waals surface area (Å²) in [6.45, 7) is 3.16. The van der Waals surface area contributed by atoms with Crippen LogP contribution in [-0.2, 0) is 0 Å². The van der Waals surface area contributed by atoms with Crippen LogP contribution >= 0.6 is 0 Å². The van der Waals surface area contributed by atoms with Crippen LogP contribution in [0.4, 0.5) is 0 Å². The van der Waals surface area contributed by atoms with E-state index in [1.807, 2.05) is 0 Å². The van der Waals surface area contributed by atoms with Gasteiger partial charge in [0.1, 0.15) is 0 Å². The van der Waals surface area contributed by atoms with Gasteiger partial charge in [-0.25, -0.2) is 0 Å². The molecule has 1 aliphatic carbocycles. The summed E-state index contributed by atoms with van der Waals surface area (Å²) in [4.78, 5) is 26.0. The van der Waals surface area contributed by atoms with E-state index in [0.717, 1.165) is 25.7 Å². The highest BCUT2D eigenvalue weighted by molar-refractivity contribution is 6.21. The predicted octanol–water partition coefficient (Wildman–Crippen LogP) is 2.59. The van der Waals surface area contributed by atoms with E-state index in [9.17, 15) is 14.7 Å². The normalized spacial score (nSPS) is 20.2. The van der Waals surface area contributed by atoms with Gasteiger partial charge in [-0.2, -0.15) is 0 Å². The highest BCUT2D eigenvalue weighted by Gasteiger charge is 2.34. The Hall–Kier alpha value is -1.72. The largest absolute Gasteiger partial charge is 0.392 e. The van der Waals surface area contributed by atoms with Gasteiger partial charge in [-0.3, -0.25) is 14.5 Å². The molecule has 25 heavy (non-hydrogen) atoms. The van der Waals surface area contributed by atoms with Crippen molar-refractivity contribution in [2.24, 2.45) is 5.92 Å². The molecule has 2 unspecified atom stereocenters. The lowest BCUT2D eigenvalue weighted by Crippen LogP contribution is -2.37. The zero-order valence-electron chi connectivity index (χ0n) is 14.9. The first-order chi connectivity index (χ1) is 12.1. The van der Waals surface area contributed by atoms with E-state index in [4.69, 9.17) is 0 Å². The number of rotatable bonds is 8. The Bertz CT molecular complexity index is 590. The number of imide groups is 1. The van der Waals surface area contributed by atoms with Crippen molar-refractivity contribution >= 4 is 11.8 Å². The molecule has 136 valence electrons. The number of benzene rings is 1. The zero-order valence-corrected chi connectivity index (χ0v) is 14.9. The molecule has 2 N–H and O–H groups in total. The predicted molar refractivity (Wildman–Crippen MR) is 96.5 cm³/mol. The number of carbonyl (C=O) groups is 2. The summed E-state index contributed by atoms with van der Waals surface area (Å²) in [7, 11) is 0. The summed E-state index contributed by atoms with van der Waals surface area (Å²) in [5.74, 6) is 0.0776. The van der Waals surface area contributed by atoms with Gasteiger partial charge in [-0.1, -0.05) is 25.0 Å². The van der Waals surface area contributed by atoms with Crippen molar-refractivity contribution in [1.82, 2.24) is 10.2 Å². The van der Waals surface area contributed by atoms with Gasteiger partial charge in [0.2, 0.25) is 0 Å². The van der Waals surface area contributed by atoms with Crippen LogP contribution in [0.15, 0.2) is 24.3 Å². The Kier molecular flexibility index (Phi) is 5.86. The number of aliphatic hydroxyl groups excluding tert-OH is 1. The molecule has 1 aliphatic heterocycles. The number of hydrogen-bond donors (Lipinski definition) is 2. The maximum atomic E-state index is 12.3. The lowest BCUT2D eigenvalue weighted by molar-refractivity contribution is 0.0650. The average molecular weight is 344 g/mol. The minimum atomic E-state index is -0.263. The van der Waals surface area contributed by atoms with Crippen LogP contribution in [0.2, 0.25) is 0 Å². The van der Waals surface area contributed by atoms with Crippen molar-refractivity contribution in [2.45, 2.75) is 57.6 Å². The van der Waals surface area contributed by atoms with Crippen molar-refractivity contribution in [2.75, 3.05) is 13.1 Å². The molecule has 1 aromatic rings. The highest BCUT2D eigenvalue weighted by Crippen LogP contribution is 2.27. The first-order valence-electron chi connectivity index (χ1n) is 9.44. The summed E-state index contributed by atoms with van der Waals surface area (Å²) in [6.07, 6.45) is 6.11. The van der Waals surface area contributed by atoms with Gasteiger partial charge in [-0.05, 0) is 50.7 Å². The number of amides is 2. The van der Waals surface area contributed by atoms with Crippen LogP contribution in [0.25, 0.3) is 0 Å². The van der Waals surface area contributed by atoms with E-state index >= 15 is 0 Å². The van der Waals surface area contributed by atoms with Gasteiger partial charge in [0.25, 0.3) is 11.8 Å². The Balaban J connectivity index is 1.39. The molecule has 1 aromatic carbocycles. The SMILES string of the molecule is CC(CCCN1C(=O)c2ccccc2C1=O)NCC(O)C1CCCC1. The Labute approximate surface area is 149 Å². The molecule has 2 amide bonds. The van der Waals surface area contributed by atoms with Gasteiger partial charge in [-0.15, -0.1) is 0 Å². The van der Waals surface area contributed by atoms with Crippen molar-refractivity contribution in [3.05, 3.63) is 35.4 Å². The first-order valence-corrected chi connectivity index (χ1v) is 9.44. The third kappa shape index (κ3) is 4.10. The van der Waals surface area contributed by atoms with Crippen LogP contribution in [-0.4, -0.2) is 47.1 Å². The number of fused-ring (bicyclic) bond motifs is 1. The topological polar surface area (TPSA) is 69.6 Å². The molecule has 3 rings (SSSR count). The molecule has 5 heteroatoms. The molecule has 0 spiro atoms. The Morgan fingerprint density at radius 1 is 1.16 bits per heavy atom. The fourth-order valence-corrected chi connectivity index (χ4v) is 3.93. The smallest absolute Gasteiger partial charge is 0.261 e. The van der Waals surface area contributed by atoms with Gasteiger partial charge in [0, 0.05) is 19.1 Å². The number of hydrogen-bond acceptors (Lipinski definition) is 4. The lowest BCUT2D eigenvalue weighted by atomic mass is 10.0. The van der Waals surface area contributed by atoms with E-state index in [1.54, 1.807) is 24.3 Å². The Morgan fingerprint density at radius 3 is 2.36 bits per heavy atom. The molecular formula is C20H28N2O3. The monoisotopic (exact) mass is 344 g/mol. The molecule has 1 saturated carbocycles. The number of nitrogens with zero attached hydrogens (tertiary/aromatic N) is 1. The molecule has 2 aliphatic rings. The quantitative estimate of drug-likeness (QED) is 0.711. The average Bonchev–Trinajstić information content (AvgIpc) is 3.23. The summed E-state index contributed by atoms with van der Waals surface area (Å²) in [5, 5.41) is 13.6. The van der Waals surface area contributed by atoms with E-state index in [0.29, 0.717) is 30.1 Å². The van der Waals surface area contributed by atoms with Gasteiger partial charge in [0.05, 0.1) is 17.2 Å². The van der Waals surface area contributed by atoms with Crippen LogP contribution in [0.1, 0.15) is 66.2 Å². The molecule has 0 radical (unpaired) electrons. The molecule has 0 saturated heterocycles. The van der Waals surface area contributed by atoms with Crippen LogP contribution < -0.4 is 5.32 Å². The molecule has 2 atom stereocenters. The Morgan fingerprint density at radius 2 is 1.76 bits per heavy atom. The van der Waals surface area contributed by atoms with Gasteiger partial charge < -0.3 is 10.4 Å². The molecule has 0 bridgehead atoms. The molecule has 0 aromatic heterocycles. The highest BCUT2D eigenvalue weighted by atomic mass is 16.3. The van der Waals surface area contributed by atoms with E-state index < -0.39 is 0 Å². The molecule has 1 fully saturated rings. The minimum absolute atomic E-state index is 0.183. The van der Waals surface area contributed by atoms with Gasteiger partial charge in [0.15, 0.2) is 0 Å². The maximum absolute atomic E-state index is 12.3. The van der Waals surface area contributed by atoms with Crippen LogP contribution in [0, 0.1) is 5.92 Å². The van der Waals surface area contributed by atoms with E-state index in [1.165, 1.54) is 17.7 Å². The second kappa shape index (κ2) is 8.11. The standard InChI is InChI=1S/C20H28N2O3/c1-14(21-13-18(23)15-8-2-3-9-15)7-6-12-22-19(24)16-10-4-5-11-17(16)20(22)25/h4-5,10-11,14-15,18,21,23H,2-3,6-9,12-13H2,1H3. The van der Waals surface area contributed by atoms with Crippen LogP contribution in [0.5, 0.6) is 0 Å². The van der Waals surface area contributed by atoms with Gasteiger partial charge >= 0.3 is 0 Å². The summed E-state index contributed by atoms with van der Waals surface area (Å²) < 4.78 is 0. The van der Waals surface area contributed by atoms with E-state index in [2.05, 4.69) is 12.2 Å². The number of carbonyl (C=O) groups excluding carboxylic acids is 2. The molecular weight excluding hydrogens is 316 g/mol. The van der Waals surface area contributed by atoms with Crippen molar-refractivity contribution < 1.29 is 14.7 Å². The number of nitrogens with one attached hydrogen (secondary N) is 1. The summed E-state index contributed by atoms with van der Waals surface area (Å²) >= 11 is 0. The second-order valence-electron chi connectivity index (χ2n) is 7.37. The van der Waals surface area contributed by atoms with Crippen molar-refractivity contribution in [3.8, 4) is 0 Å². The minimum Gasteiger partial charge on any atom is -0.392 e. The third-order valence-electron chi connectivity index (χ3n) is 5.52. The summed E-state index contributed by atoms with van der Waals surface area (Å²) in [6, 6.07) is 7.25. The maximum Gasteiger partial charge on any atom is 0.261 e. The third-order valence-corrected chi connectivity index (χ3v) is 5.52. The fourth-order valence-electron chi connectivity index (χ4n) is 3.93. The summed E-state index contributed by atoms with van der Waals surface area (Å²) in [5.41, 5.74) is 1.02.